The zero-order valence-corrected chi connectivity index (χ0v) is 19.7. The van der Waals surface area contributed by atoms with Crippen molar-refractivity contribution in [1.82, 2.24) is 24.5 Å². The summed E-state index contributed by atoms with van der Waals surface area (Å²) in [5.74, 6) is 1.43. The maximum Gasteiger partial charge on any atom is 0.274 e. The number of amides is 1. The van der Waals surface area contributed by atoms with E-state index < -0.39 is 0 Å². The Morgan fingerprint density at radius 2 is 2.03 bits per heavy atom. The van der Waals surface area contributed by atoms with E-state index in [0.717, 1.165) is 57.0 Å². The smallest absolute Gasteiger partial charge is 0.274 e. The van der Waals surface area contributed by atoms with Gasteiger partial charge >= 0.3 is 0 Å². The Morgan fingerprint density at radius 1 is 1.26 bits per heavy atom. The van der Waals surface area contributed by atoms with Gasteiger partial charge in [0.1, 0.15) is 5.75 Å². The van der Waals surface area contributed by atoms with Crippen molar-refractivity contribution >= 4 is 5.91 Å². The molecular weight excluding hydrogens is 390 g/mol. The molecule has 3 rings (SSSR count). The molecule has 1 amide bonds. The van der Waals surface area contributed by atoms with Crippen LogP contribution in [0.25, 0.3) is 0 Å². The van der Waals surface area contributed by atoms with Crippen LogP contribution >= 0.6 is 0 Å². The standard InChI is InChI=1S/C24H37N5O2/c1-19-15-22(25-27(19)4)24(30)29(14-13-26(2)3)17-20-9-8-12-28(16-20)18-21-10-6-7-11-23(21)31-5/h6-7,10-11,15,20H,8-9,12-14,16-18H2,1-5H3. The van der Waals surface area contributed by atoms with Gasteiger partial charge in [0, 0.05) is 51.0 Å². The summed E-state index contributed by atoms with van der Waals surface area (Å²) in [5.41, 5.74) is 2.76. The minimum atomic E-state index is 0.0346. The van der Waals surface area contributed by atoms with Gasteiger partial charge in [0.25, 0.3) is 5.91 Å². The lowest BCUT2D eigenvalue weighted by molar-refractivity contribution is 0.0654. The number of carbonyl (C=O) groups is 1. The lowest BCUT2D eigenvalue weighted by Gasteiger charge is -2.36. The first-order valence-corrected chi connectivity index (χ1v) is 11.2. The number of likely N-dealkylation sites (N-methyl/N-ethyl adjacent to an activating group) is 1. The quantitative estimate of drug-likeness (QED) is 0.616. The van der Waals surface area contributed by atoms with E-state index in [1.54, 1.807) is 11.8 Å². The number of methoxy groups -OCH3 is 1. The number of nitrogens with zero attached hydrogens (tertiary/aromatic N) is 5. The molecule has 1 atom stereocenters. The number of aryl methyl sites for hydroxylation is 2. The SMILES string of the molecule is COc1ccccc1CN1CCCC(CN(CCN(C)C)C(=O)c2cc(C)n(C)n2)C1. The van der Waals surface area contributed by atoms with Crippen molar-refractivity contribution in [1.29, 1.82) is 0 Å². The van der Waals surface area contributed by atoms with Crippen LogP contribution in [-0.4, -0.2) is 84.3 Å². The van der Waals surface area contributed by atoms with Crippen LogP contribution in [0, 0.1) is 12.8 Å². The molecule has 0 bridgehead atoms. The molecule has 0 N–H and O–H groups in total. The van der Waals surface area contributed by atoms with Gasteiger partial charge in [-0.2, -0.15) is 5.10 Å². The molecule has 1 aromatic heterocycles. The van der Waals surface area contributed by atoms with Crippen molar-refractivity contribution in [3.63, 3.8) is 0 Å². The van der Waals surface area contributed by atoms with Gasteiger partial charge in [-0.1, -0.05) is 18.2 Å². The summed E-state index contributed by atoms with van der Waals surface area (Å²) in [6, 6.07) is 10.1. The summed E-state index contributed by atoms with van der Waals surface area (Å²) in [4.78, 5) is 19.9. The number of para-hydroxylation sites is 1. The highest BCUT2D eigenvalue weighted by Crippen LogP contribution is 2.24. The Labute approximate surface area is 186 Å². The van der Waals surface area contributed by atoms with Gasteiger partial charge in [0.15, 0.2) is 5.69 Å². The molecule has 1 unspecified atom stereocenters. The van der Waals surface area contributed by atoms with Gasteiger partial charge in [-0.05, 0) is 58.5 Å². The first-order chi connectivity index (χ1) is 14.9. The number of hydrogen-bond acceptors (Lipinski definition) is 5. The van der Waals surface area contributed by atoms with Crippen molar-refractivity contribution in [3.8, 4) is 5.75 Å². The summed E-state index contributed by atoms with van der Waals surface area (Å²) in [7, 11) is 7.70. The highest BCUT2D eigenvalue weighted by atomic mass is 16.5. The molecular formula is C24H37N5O2. The lowest BCUT2D eigenvalue weighted by atomic mass is 9.96. The molecule has 0 saturated carbocycles. The monoisotopic (exact) mass is 427 g/mol. The Balaban J connectivity index is 1.67. The minimum Gasteiger partial charge on any atom is -0.496 e. The van der Waals surface area contributed by atoms with E-state index in [1.165, 1.54) is 5.56 Å². The largest absolute Gasteiger partial charge is 0.496 e. The third-order valence-electron chi connectivity index (χ3n) is 6.11. The molecule has 7 heteroatoms. The van der Waals surface area contributed by atoms with Crippen molar-refractivity contribution in [3.05, 3.63) is 47.3 Å². The van der Waals surface area contributed by atoms with Crippen LogP contribution < -0.4 is 4.74 Å². The van der Waals surface area contributed by atoms with Crippen molar-refractivity contribution in [2.45, 2.75) is 26.3 Å². The summed E-state index contributed by atoms with van der Waals surface area (Å²) in [6.07, 6.45) is 2.30. The summed E-state index contributed by atoms with van der Waals surface area (Å²) in [5, 5.41) is 4.43. The number of likely N-dealkylation sites (tertiary alicyclic amines) is 1. The third kappa shape index (κ3) is 6.31. The fourth-order valence-corrected chi connectivity index (χ4v) is 4.25. The van der Waals surface area contributed by atoms with Crippen LogP contribution in [-0.2, 0) is 13.6 Å². The van der Waals surface area contributed by atoms with E-state index in [1.807, 2.05) is 51.2 Å². The van der Waals surface area contributed by atoms with Crippen LogP contribution in [0.15, 0.2) is 30.3 Å². The van der Waals surface area contributed by atoms with Gasteiger partial charge < -0.3 is 14.5 Å². The number of ether oxygens (including phenoxy) is 1. The minimum absolute atomic E-state index is 0.0346. The predicted octanol–water partition coefficient (Wildman–Crippen LogP) is 2.65. The van der Waals surface area contributed by atoms with E-state index in [0.29, 0.717) is 18.2 Å². The molecule has 1 aromatic carbocycles. The van der Waals surface area contributed by atoms with Crippen LogP contribution in [0.2, 0.25) is 0 Å². The van der Waals surface area contributed by atoms with E-state index >= 15 is 0 Å². The summed E-state index contributed by atoms with van der Waals surface area (Å²) in [6.45, 7) is 7.26. The highest BCUT2D eigenvalue weighted by molar-refractivity contribution is 5.92. The van der Waals surface area contributed by atoms with Gasteiger partial charge in [-0.15, -0.1) is 0 Å². The topological polar surface area (TPSA) is 53.8 Å². The second-order valence-electron chi connectivity index (χ2n) is 8.90. The molecule has 2 heterocycles. The van der Waals surface area contributed by atoms with Gasteiger partial charge in [0.05, 0.1) is 7.11 Å². The molecule has 0 aliphatic carbocycles. The molecule has 1 aliphatic heterocycles. The fraction of sp³-hybridized carbons (Fsp3) is 0.583. The Kier molecular flexibility index (Phi) is 8.09. The second kappa shape index (κ2) is 10.8. The maximum absolute atomic E-state index is 13.3. The average molecular weight is 428 g/mol. The maximum atomic E-state index is 13.3. The number of piperidine rings is 1. The van der Waals surface area contributed by atoms with Crippen LogP contribution in [0.4, 0.5) is 0 Å². The highest BCUT2D eigenvalue weighted by Gasteiger charge is 2.26. The summed E-state index contributed by atoms with van der Waals surface area (Å²) >= 11 is 0. The molecule has 0 spiro atoms. The molecule has 170 valence electrons. The molecule has 31 heavy (non-hydrogen) atoms. The fourth-order valence-electron chi connectivity index (χ4n) is 4.25. The van der Waals surface area contributed by atoms with Crippen LogP contribution in [0.1, 0.15) is 34.6 Å². The Hall–Kier alpha value is -2.38. The van der Waals surface area contributed by atoms with Crippen molar-refractivity contribution in [2.24, 2.45) is 13.0 Å². The molecule has 0 radical (unpaired) electrons. The number of rotatable bonds is 9. The second-order valence-corrected chi connectivity index (χ2v) is 8.90. The Morgan fingerprint density at radius 3 is 2.71 bits per heavy atom. The van der Waals surface area contributed by atoms with E-state index in [4.69, 9.17) is 4.74 Å². The van der Waals surface area contributed by atoms with E-state index in [2.05, 4.69) is 27.0 Å². The van der Waals surface area contributed by atoms with Gasteiger partial charge in [-0.25, -0.2) is 0 Å². The number of aromatic nitrogens is 2. The van der Waals surface area contributed by atoms with Crippen LogP contribution in [0.5, 0.6) is 5.75 Å². The first-order valence-electron chi connectivity index (χ1n) is 11.2. The van der Waals surface area contributed by atoms with Crippen molar-refractivity contribution < 1.29 is 9.53 Å². The number of hydrogen-bond donors (Lipinski definition) is 0. The van der Waals surface area contributed by atoms with Gasteiger partial charge in [0.2, 0.25) is 0 Å². The third-order valence-corrected chi connectivity index (χ3v) is 6.11. The number of benzene rings is 1. The average Bonchev–Trinajstić information content (AvgIpc) is 3.09. The molecule has 7 nitrogen and oxygen atoms in total. The zero-order valence-electron chi connectivity index (χ0n) is 19.7. The lowest BCUT2D eigenvalue weighted by Crippen LogP contribution is -2.44. The summed E-state index contributed by atoms with van der Waals surface area (Å²) < 4.78 is 7.30. The normalized spacial score (nSPS) is 17.2. The van der Waals surface area contributed by atoms with Crippen molar-refractivity contribution in [2.75, 3.05) is 53.9 Å². The molecule has 1 fully saturated rings. The first kappa shape index (κ1) is 23.3. The van der Waals surface area contributed by atoms with Crippen LogP contribution in [0.3, 0.4) is 0 Å². The molecule has 1 aliphatic rings. The zero-order chi connectivity index (χ0) is 22.4. The predicted molar refractivity (Wildman–Crippen MR) is 123 cm³/mol. The number of carbonyl (C=O) groups excluding carboxylic acids is 1. The molecule has 2 aromatic rings. The van der Waals surface area contributed by atoms with Gasteiger partial charge in [-0.3, -0.25) is 14.4 Å². The van der Waals surface area contributed by atoms with E-state index in [-0.39, 0.29) is 5.91 Å². The molecule has 1 saturated heterocycles. The Bertz CT molecular complexity index is 844. The van der Waals surface area contributed by atoms with E-state index in [9.17, 15) is 4.79 Å².